The molecule has 0 amide bonds. The topological polar surface area (TPSA) is 49.8 Å². The van der Waals surface area contributed by atoms with E-state index in [4.69, 9.17) is 4.74 Å². The molecule has 4 heteroatoms. The van der Waals surface area contributed by atoms with Crippen LogP contribution in [0.4, 0.5) is 0 Å². The first-order valence-corrected chi connectivity index (χ1v) is 7.60. The zero-order valence-electron chi connectivity index (χ0n) is 13.1. The van der Waals surface area contributed by atoms with Crippen LogP contribution in [0.5, 0.6) is 5.75 Å². The molecule has 1 N–H and O–H groups in total. The highest BCUT2D eigenvalue weighted by Gasteiger charge is 2.37. The van der Waals surface area contributed by atoms with Crippen molar-refractivity contribution in [2.45, 2.75) is 46.3 Å². The molecular weight excluding hydrogens is 266 g/mol. The Labute approximate surface area is 126 Å². The van der Waals surface area contributed by atoms with Gasteiger partial charge in [-0.3, -0.25) is 9.69 Å². The molecular formula is C17H25NO3. The smallest absolute Gasteiger partial charge is 0.310 e. The Hall–Kier alpha value is -1.55. The third-order valence-electron chi connectivity index (χ3n) is 3.97. The second-order valence-corrected chi connectivity index (χ2v) is 6.49. The molecule has 1 aromatic rings. The van der Waals surface area contributed by atoms with Crippen LogP contribution in [0, 0.1) is 5.41 Å². The molecule has 0 aromatic heterocycles. The predicted molar refractivity (Wildman–Crippen MR) is 82.5 cm³/mol. The molecule has 1 heterocycles. The van der Waals surface area contributed by atoms with Gasteiger partial charge in [-0.1, -0.05) is 12.1 Å². The molecule has 0 aliphatic carbocycles. The summed E-state index contributed by atoms with van der Waals surface area (Å²) in [6, 6.07) is 8.07. The molecule has 0 radical (unpaired) electrons. The molecule has 0 bridgehead atoms. The summed E-state index contributed by atoms with van der Waals surface area (Å²) in [5.41, 5.74) is 0.549. The van der Waals surface area contributed by atoms with E-state index in [9.17, 15) is 9.90 Å². The average molecular weight is 291 g/mol. The SMILES string of the molecule is CC(C)Oc1cccc(CN2CCCC(C)(C(=O)O)C2)c1. The van der Waals surface area contributed by atoms with Gasteiger partial charge in [-0.2, -0.15) is 0 Å². The van der Waals surface area contributed by atoms with Crippen molar-refractivity contribution in [1.29, 1.82) is 0 Å². The van der Waals surface area contributed by atoms with E-state index in [1.165, 1.54) is 5.56 Å². The maximum absolute atomic E-state index is 11.4. The minimum Gasteiger partial charge on any atom is -0.491 e. The lowest BCUT2D eigenvalue weighted by Crippen LogP contribution is -2.45. The normalized spacial score (nSPS) is 23.2. The minimum absolute atomic E-state index is 0.158. The van der Waals surface area contributed by atoms with E-state index in [-0.39, 0.29) is 6.10 Å². The molecule has 2 rings (SSSR count). The summed E-state index contributed by atoms with van der Waals surface area (Å²) < 4.78 is 5.71. The zero-order chi connectivity index (χ0) is 15.5. The number of likely N-dealkylation sites (tertiary alicyclic amines) is 1. The molecule has 1 aliphatic heterocycles. The first kappa shape index (κ1) is 15.8. The Morgan fingerprint density at radius 3 is 2.90 bits per heavy atom. The number of aliphatic carboxylic acids is 1. The molecule has 1 aliphatic rings. The highest BCUT2D eigenvalue weighted by Crippen LogP contribution is 2.30. The summed E-state index contributed by atoms with van der Waals surface area (Å²) in [5, 5.41) is 9.38. The molecule has 1 fully saturated rings. The lowest BCUT2D eigenvalue weighted by atomic mass is 9.82. The number of carboxylic acid groups (broad SMARTS) is 1. The van der Waals surface area contributed by atoms with Gasteiger partial charge in [0.25, 0.3) is 0 Å². The molecule has 1 atom stereocenters. The van der Waals surface area contributed by atoms with E-state index < -0.39 is 11.4 Å². The zero-order valence-corrected chi connectivity index (χ0v) is 13.1. The van der Waals surface area contributed by atoms with Gasteiger partial charge in [-0.05, 0) is 57.9 Å². The van der Waals surface area contributed by atoms with Crippen molar-refractivity contribution in [3.8, 4) is 5.75 Å². The molecule has 4 nitrogen and oxygen atoms in total. The maximum atomic E-state index is 11.4. The molecule has 0 saturated carbocycles. The van der Waals surface area contributed by atoms with Gasteiger partial charge in [0.15, 0.2) is 0 Å². The lowest BCUT2D eigenvalue weighted by Gasteiger charge is -2.37. The Morgan fingerprint density at radius 2 is 2.24 bits per heavy atom. The molecule has 0 spiro atoms. The van der Waals surface area contributed by atoms with E-state index in [1.54, 1.807) is 0 Å². The number of nitrogens with zero attached hydrogens (tertiary/aromatic N) is 1. The van der Waals surface area contributed by atoms with E-state index in [0.29, 0.717) is 6.54 Å². The van der Waals surface area contributed by atoms with E-state index in [1.807, 2.05) is 39.0 Å². The fourth-order valence-electron chi connectivity index (χ4n) is 2.90. The van der Waals surface area contributed by atoms with Crippen LogP contribution >= 0.6 is 0 Å². The number of ether oxygens (including phenoxy) is 1. The summed E-state index contributed by atoms with van der Waals surface area (Å²) in [4.78, 5) is 13.6. The van der Waals surface area contributed by atoms with Crippen molar-refractivity contribution < 1.29 is 14.6 Å². The Morgan fingerprint density at radius 1 is 1.48 bits per heavy atom. The number of hydrogen-bond donors (Lipinski definition) is 1. The monoisotopic (exact) mass is 291 g/mol. The summed E-state index contributed by atoms with van der Waals surface area (Å²) >= 11 is 0. The minimum atomic E-state index is -0.691. The third-order valence-corrected chi connectivity index (χ3v) is 3.97. The van der Waals surface area contributed by atoms with Crippen molar-refractivity contribution in [3.05, 3.63) is 29.8 Å². The largest absolute Gasteiger partial charge is 0.491 e. The van der Waals surface area contributed by atoms with Crippen LogP contribution in [0.3, 0.4) is 0 Å². The number of piperidine rings is 1. The molecule has 21 heavy (non-hydrogen) atoms. The third kappa shape index (κ3) is 4.21. The van der Waals surface area contributed by atoms with E-state index >= 15 is 0 Å². The molecule has 1 saturated heterocycles. The molecule has 116 valence electrons. The van der Waals surface area contributed by atoms with Gasteiger partial charge in [0, 0.05) is 13.1 Å². The van der Waals surface area contributed by atoms with Gasteiger partial charge < -0.3 is 9.84 Å². The highest BCUT2D eigenvalue weighted by molar-refractivity contribution is 5.74. The number of rotatable bonds is 5. The van der Waals surface area contributed by atoms with Crippen molar-refractivity contribution in [2.75, 3.05) is 13.1 Å². The molecule has 1 unspecified atom stereocenters. The standard InChI is InChI=1S/C17H25NO3/c1-13(2)21-15-7-4-6-14(10-15)11-18-9-5-8-17(3,12-18)16(19)20/h4,6-7,10,13H,5,8-9,11-12H2,1-3H3,(H,19,20). The first-order chi connectivity index (χ1) is 9.89. The van der Waals surface area contributed by atoms with Crippen LogP contribution in [0.15, 0.2) is 24.3 Å². The van der Waals surface area contributed by atoms with Crippen molar-refractivity contribution >= 4 is 5.97 Å². The van der Waals surface area contributed by atoms with Crippen LogP contribution in [-0.2, 0) is 11.3 Å². The predicted octanol–water partition coefficient (Wildman–Crippen LogP) is 3.16. The van der Waals surface area contributed by atoms with Gasteiger partial charge in [-0.25, -0.2) is 0 Å². The Kier molecular flexibility index (Phi) is 4.88. The second kappa shape index (κ2) is 6.48. The van der Waals surface area contributed by atoms with E-state index in [2.05, 4.69) is 11.0 Å². The summed E-state index contributed by atoms with van der Waals surface area (Å²) in [6.07, 6.45) is 1.85. The van der Waals surface area contributed by atoms with Gasteiger partial charge in [0.2, 0.25) is 0 Å². The summed E-state index contributed by atoms with van der Waals surface area (Å²) in [5.74, 6) is 0.185. The van der Waals surface area contributed by atoms with Crippen molar-refractivity contribution in [3.63, 3.8) is 0 Å². The van der Waals surface area contributed by atoms with Crippen molar-refractivity contribution in [1.82, 2.24) is 4.90 Å². The Balaban J connectivity index is 2.02. The number of carboxylic acids is 1. The number of hydrogen-bond acceptors (Lipinski definition) is 3. The van der Waals surface area contributed by atoms with E-state index in [0.717, 1.165) is 31.7 Å². The summed E-state index contributed by atoms with van der Waals surface area (Å²) in [7, 11) is 0. The fraction of sp³-hybridized carbons (Fsp3) is 0.588. The average Bonchev–Trinajstić information content (AvgIpc) is 2.38. The number of carbonyl (C=O) groups is 1. The van der Waals surface area contributed by atoms with Crippen LogP contribution in [-0.4, -0.2) is 35.2 Å². The fourth-order valence-corrected chi connectivity index (χ4v) is 2.90. The van der Waals surface area contributed by atoms with Gasteiger partial charge in [0.1, 0.15) is 5.75 Å². The van der Waals surface area contributed by atoms with Gasteiger partial charge in [0.05, 0.1) is 11.5 Å². The molecule has 1 aromatic carbocycles. The van der Waals surface area contributed by atoms with Crippen LogP contribution < -0.4 is 4.74 Å². The quantitative estimate of drug-likeness (QED) is 0.905. The summed E-state index contributed by atoms with van der Waals surface area (Å²) in [6.45, 7) is 8.21. The lowest BCUT2D eigenvalue weighted by molar-refractivity contribution is -0.151. The van der Waals surface area contributed by atoms with Gasteiger partial charge in [-0.15, -0.1) is 0 Å². The maximum Gasteiger partial charge on any atom is 0.310 e. The van der Waals surface area contributed by atoms with Crippen LogP contribution in [0.1, 0.15) is 39.2 Å². The van der Waals surface area contributed by atoms with Crippen LogP contribution in [0.2, 0.25) is 0 Å². The first-order valence-electron chi connectivity index (χ1n) is 7.60. The van der Waals surface area contributed by atoms with Crippen LogP contribution in [0.25, 0.3) is 0 Å². The van der Waals surface area contributed by atoms with Crippen molar-refractivity contribution in [2.24, 2.45) is 5.41 Å². The second-order valence-electron chi connectivity index (χ2n) is 6.49. The van der Waals surface area contributed by atoms with Gasteiger partial charge >= 0.3 is 5.97 Å². The highest BCUT2D eigenvalue weighted by atomic mass is 16.5. The number of benzene rings is 1. The Bertz CT molecular complexity index is 501.